The standard InChI is InChI=1S/C18H27BrN2O3/c19-16(21-18(24)15-11-13-20-14-12-15)9-7-5-3-1-2-4-6-8-10-17(22)23/h11-14,16H,1-10H2,(H,21,24)(H,22,23). The van der Waals surface area contributed by atoms with E-state index >= 15 is 0 Å². The highest BCUT2D eigenvalue weighted by Crippen LogP contribution is 2.13. The predicted molar refractivity (Wildman–Crippen MR) is 98.2 cm³/mol. The number of nitrogens with one attached hydrogen (secondary N) is 1. The fourth-order valence-electron chi connectivity index (χ4n) is 2.46. The van der Waals surface area contributed by atoms with E-state index in [0.717, 1.165) is 38.5 Å². The van der Waals surface area contributed by atoms with Gasteiger partial charge in [-0.2, -0.15) is 0 Å². The minimum atomic E-state index is -0.699. The third-order valence-electron chi connectivity index (χ3n) is 3.83. The summed E-state index contributed by atoms with van der Waals surface area (Å²) >= 11 is 3.50. The molecule has 24 heavy (non-hydrogen) atoms. The van der Waals surface area contributed by atoms with Gasteiger partial charge in [0.25, 0.3) is 5.91 Å². The SMILES string of the molecule is O=C(O)CCCCCCCCCCC(Br)NC(=O)c1ccncc1. The number of rotatable bonds is 13. The number of hydrogen-bond acceptors (Lipinski definition) is 3. The number of alkyl halides is 1. The maximum Gasteiger partial charge on any atom is 0.303 e. The second kappa shape index (κ2) is 12.9. The molecule has 0 fully saturated rings. The van der Waals surface area contributed by atoms with Crippen LogP contribution in [0.1, 0.15) is 74.6 Å². The van der Waals surface area contributed by atoms with E-state index in [-0.39, 0.29) is 17.3 Å². The fourth-order valence-corrected chi connectivity index (χ4v) is 2.99. The lowest BCUT2D eigenvalue weighted by Crippen LogP contribution is -2.30. The molecule has 1 unspecified atom stereocenters. The number of halogens is 1. The fraction of sp³-hybridized carbons (Fsp3) is 0.611. The molecular formula is C18H27BrN2O3. The van der Waals surface area contributed by atoms with E-state index in [1.54, 1.807) is 24.5 Å². The van der Waals surface area contributed by atoms with Crippen LogP contribution in [0.3, 0.4) is 0 Å². The monoisotopic (exact) mass is 398 g/mol. The normalized spacial score (nSPS) is 11.9. The molecule has 5 nitrogen and oxygen atoms in total. The van der Waals surface area contributed by atoms with Crippen molar-refractivity contribution in [3.05, 3.63) is 30.1 Å². The molecule has 1 amide bonds. The van der Waals surface area contributed by atoms with Crippen LogP contribution < -0.4 is 5.32 Å². The molecule has 134 valence electrons. The molecule has 0 aliphatic carbocycles. The number of nitrogens with zero attached hydrogens (tertiary/aromatic N) is 1. The minimum absolute atomic E-state index is 0.00539. The van der Waals surface area contributed by atoms with Gasteiger partial charge in [-0.15, -0.1) is 0 Å². The minimum Gasteiger partial charge on any atom is -0.481 e. The van der Waals surface area contributed by atoms with Gasteiger partial charge in [0.15, 0.2) is 0 Å². The van der Waals surface area contributed by atoms with Gasteiger partial charge in [-0.1, -0.05) is 60.9 Å². The lowest BCUT2D eigenvalue weighted by molar-refractivity contribution is -0.137. The van der Waals surface area contributed by atoms with Gasteiger partial charge in [0.2, 0.25) is 0 Å². The van der Waals surface area contributed by atoms with Gasteiger partial charge in [0, 0.05) is 24.4 Å². The Morgan fingerprint density at radius 2 is 1.54 bits per heavy atom. The first-order valence-corrected chi connectivity index (χ1v) is 9.58. The van der Waals surface area contributed by atoms with Gasteiger partial charge in [0.05, 0.1) is 4.95 Å². The quantitative estimate of drug-likeness (QED) is 0.290. The topological polar surface area (TPSA) is 79.3 Å². The first-order chi connectivity index (χ1) is 11.6. The summed E-state index contributed by atoms with van der Waals surface area (Å²) in [5, 5.41) is 11.5. The van der Waals surface area contributed by atoms with Crippen LogP contribution in [0.5, 0.6) is 0 Å². The zero-order valence-electron chi connectivity index (χ0n) is 14.0. The van der Waals surface area contributed by atoms with E-state index in [0.29, 0.717) is 5.56 Å². The lowest BCUT2D eigenvalue weighted by Gasteiger charge is -2.12. The Kier molecular flexibility index (Phi) is 11.1. The molecule has 1 heterocycles. The Balaban J connectivity index is 1.95. The van der Waals surface area contributed by atoms with E-state index in [4.69, 9.17) is 5.11 Å². The molecule has 0 spiro atoms. The number of aromatic nitrogens is 1. The van der Waals surface area contributed by atoms with Gasteiger partial charge in [-0.3, -0.25) is 14.6 Å². The number of pyridine rings is 1. The van der Waals surface area contributed by atoms with Crippen LogP contribution >= 0.6 is 15.9 Å². The number of carbonyl (C=O) groups is 2. The Morgan fingerprint density at radius 1 is 1.00 bits per heavy atom. The van der Waals surface area contributed by atoms with Crippen molar-refractivity contribution in [1.29, 1.82) is 0 Å². The molecule has 1 rings (SSSR count). The number of amides is 1. The predicted octanol–water partition coefficient (Wildman–Crippen LogP) is 4.52. The summed E-state index contributed by atoms with van der Waals surface area (Å²) in [6.07, 6.45) is 13.1. The summed E-state index contributed by atoms with van der Waals surface area (Å²) in [4.78, 5) is 26.2. The van der Waals surface area contributed by atoms with Gasteiger partial charge in [0.1, 0.15) is 0 Å². The molecule has 0 saturated carbocycles. The summed E-state index contributed by atoms with van der Waals surface area (Å²) in [7, 11) is 0. The van der Waals surface area contributed by atoms with Crippen LogP contribution in [0.25, 0.3) is 0 Å². The van der Waals surface area contributed by atoms with E-state index in [9.17, 15) is 9.59 Å². The van der Waals surface area contributed by atoms with Crippen molar-refractivity contribution in [3.63, 3.8) is 0 Å². The van der Waals surface area contributed by atoms with Crippen LogP contribution in [0.15, 0.2) is 24.5 Å². The average molecular weight is 399 g/mol. The molecule has 1 aromatic rings. The highest BCUT2D eigenvalue weighted by molar-refractivity contribution is 9.09. The maximum absolute atomic E-state index is 12.0. The molecule has 2 N–H and O–H groups in total. The van der Waals surface area contributed by atoms with Crippen molar-refractivity contribution in [2.24, 2.45) is 0 Å². The molecule has 0 aliphatic rings. The summed E-state index contributed by atoms with van der Waals surface area (Å²) < 4.78 is 0. The molecule has 0 aromatic carbocycles. The molecule has 0 saturated heterocycles. The van der Waals surface area contributed by atoms with Crippen LogP contribution in [-0.4, -0.2) is 26.9 Å². The Morgan fingerprint density at radius 3 is 2.12 bits per heavy atom. The Bertz CT molecular complexity index is 482. The summed E-state index contributed by atoms with van der Waals surface area (Å²) in [5.41, 5.74) is 0.623. The van der Waals surface area contributed by atoms with Crippen LogP contribution in [0.2, 0.25) is 0 Å². The first kappa shape index (κ1) is 20.6. The maximum atomic E-state index is 12.0. The molecule has 1 aromatic heterocycles. The zero-order chi connectivity index (χ0) is 17.6. The smallest absolute Gasteiger partial charge is 0.303 e. The largest absolute Gasteiger partial charge is 0.481 e. The number of carboxylic acid groups (broad SMARTS) is 1. The van der Waals surface area contributed by atoms with Gasteiger partial charge >= 0.3 is 5.97 Å². The average Bonchev–Trinajstić information content (AvgIpc) is 2.57. The highest BCUT2D eigenvalue weighted by Gasteiger charge is 2.10. The van der Waals surface area contributed by atoms with Crippen molar-refractivity contribution in [3.8, 4) is 0 Å². The summed E-state index contributed by atoms with van der Waals surface area (Å²) in [6, 6.07) is 3.40. The van der Waals surface area contributed by atoms with Crippen molar-refractivity contribution >= 4 is 27.8 Å². The number of carbonyl (C=O) groups excluding carboxylic acids is 1. The van der Waals surface area contributed by atoms with E-state index in [1.807, 2.05) is 0 Å². The third-order valence-corrected chi connectivity index (χ3v) is 4.52. The van der Waals surface area contributed by atoms with Crippen molar-refractivity contribution in [2.75, 3.05) is 0 Å². The summed E-state index contributed by atoms with van der Waals surface area (Å²) in [6.45, 7) is 0. The van der Waals surface area contributed by atoms with Gasteiger partial charge in [-0.25, -0.2) is 0 Å². The molecule has 0 radical (unpaired) electrons. The zero-order valence-corrected chi connectivity index (χ0v) is 15.6. The van der Waals surface area contributed by atoms with Gasteiger partial charge in [-0.05, 0) is 25.0 Å². The Labute approximate surface area is 152 Å². The second-order valence-corrected chi connectivity index (χ2v) is 7.04. The van der Waals surface area contributed by atoms with Crippen molar-refractivity contribution in [2.45, 2.75) is 69.2 Å². The number of unbranched alkanes of at least 4 members (excludes halogenated alkanes) is 7. The third kappa shape index (κ3) is 10.4. The second-order valence-electron chi connectivity index (χ2n) is 5.94. The van der Waals surface area contributed by atoms with Crippen LogP contribution in [0.4, 0.5) is 0 Å². The van der Waals surface area contributed by atoms with E-state index in [2.05, 4.69) is 26.2 Å². The first-order valence-electron chi connectivity index (χ1n) is 8.66. The number of carboxylic acids is 1. The lowest BCUT2D eigenvalue weighted by atomic mass is 10.1. The van der Waals surface area contributed by atoms with Crippen molar-refractivity contribution < 1.29 is 14.7 Å². The molecular weight excluding hydrogens is 372 g/mol. The van der Waals surface area contributed by atoms with Crippen molar-refractivity contribution in [1.82, 2.24) is 10.3 Å². The summed E-state index contributed by atoms with van der Waals surface area (Å²) in [5.74, 6) is -0.781. The molecule has 0 aliphatic heterocycles. The molecule has 1 atom stereocenters. The molecule has 0 bridgehead atoms. The van der Waals surface area contributed by atoms with Gasteiger partial charge < -0.3 is 10.4 Å². The molecule has 6 heteroatoms. The van der Waals surface area contributed by atoms with Crippen LogP contribution in [0, 0.1) is 0 Å². The highest BCUT2D eigenvalue weighted by atomic mass is 79.9. The Hall–Kier alpha value is -1.43. The van der Waals surface area contributed by atoms with Crippen LogP contribution in [-0.2, 0) is 4.79 Å². The number of aliphatic carboxylic acids is 1. The van der Waals surface area contributed by atoms with E-state index < -0.39 is 5.97 Å². The number of hydrogen-bond donors (Lipinski definition) is 2. The van der Waals surface area contributed by atoms with E-state index in [1.165, 1.54) is 19.3 Å².